The number of nitrogens with one attached hydrogen (secondary N) is 2. The van der Waals surface area contributed by atoms with Crippen molar-refractivity contribution >= 4 is 11.8 Å². The standard InChI is InChI=1S/C12H23N3O2/c1-3-14-11(17)9(2)15-10(16)7-12(8-13)5-4-6-12/h9H,3-8,13H2,1-2H3,(H,14,17)(H,15,16). The summed E-state index contributed by atoms with van der Waals surface area (Å²) in [5.74, 6) is -0.217. The van der Waals surface area contributed by atoms with Gasteiger partial charge >= 0.3 is 0 Å². The Morgan fingerprint density at radius 2 is 2.06 bits per heavy atom. The minimum Gasteiger partial charge on any atom is -0.355 e. The van der Waals surface area contributed by atoms with E-state index in [2.05, 4.69) is 10.6 Å². The first kappa shape index (κ1) is 14.0. The quantitative estimate of drug-likeness (QED) is 0.618. The molecule has 4 N–H and O–H groups in total. The average Bonchev–Trinajstić information content (AvgIpc) is 2.23. The summed E-state index contributed by atoms with van der Waals surface area (Å²) in [5.41, 5.74) is 5.69. The summed E-state index contributed by atoms with van der Waals surface area (Å²) in [5, 5.41) is 5.39. The Hall–Kier alpha value is -1.10. The van der Waals surface area contributed by atoms with Crippen molar-refractivity contribution in [2.75, 3.05) is 13.1 Å². The van der Waals surface area contributed by atoms with Crippen molar-refractivity contribution < 1.29 is 9.59 Å². The Balaban J connectivity index is 2.36. The molecule has 0 heterocycles. The van der Waals surface area contributed by atoms with Gasteiger partial charge in [0.05, 0.1) is 0 Å². The number of hydrogen-bond acceptors (Lipinski definition) is 3. The fraction of sp³-hybridized carbons (Fsp3) is 0.833. The summed E-state index contributed by atoms with van der Waals surface area (Å²) >= 11 is 0. The zero-order valence-corrected chi connectivity index (χ0v) is 10.7. The predicted molar refractivity (Wildman–Crippen MR) is 66.2 cm³/mol. The molecular weight excluding hydrogens is 218 g/mol. The van der Waals surface area contributed by atoms with Gasteiger partial charge in [0, 0.05) is 13.0 Å². The van der Waals surface area contributed by atoms with Crippen molar-refractivity contribution in [3.63, 3.8) is 0 Å². The number of likely N-dealkylation sites (N-methyl/N-ethyl adjacent to an activating group) is 1. The highest BCUT2D eigenvalue weighted by Crippen LogP contribution is 2.42. The van der Waals surface area contributed by atoms with Crippen LogP contribution in [0.5, 0.6) is 0 Å². The molecule has 0 bridgehead atoms. The maximum absolute atomic E-state index is 11.8. The molecule has 98 valence electrons. The van der Waals surface area contributed by atoms with Crippen LogP contribution in [0.3, 0.4) is 0 Å². The third-order valence-corrected chi connectivity index (χ3v) is 3.50. The van der Waals surface area contributed by atoms with Crippen LogP contribution < -0.4 is 16.4 Å². The Labute approximate surface area is 103 Å². The van der Waals surface area contributed by atoms with Gasteiger partial charge in [-0.2, -0.15) is 0 Å². The van der Waals surface area contributed by atoms with Crippen LogP contribution in [0.4, 0.5) is 0 Å². The highest BCUT2D eigenvalue weighted by molar-refractivity contribution is 5.87. The molecule has 1 saturated carbocycles. The Bertz CT molecular complexity index is 282. The van der Waals surface area contributed by atoms with Crippen molar-refractivity contribution in [1.82, 2.24) is 10.6 Å². The van der Waals surface area contributed by atoms with Crippen LogP contribution in [0, 0.1) is 5.41 Å². The van der Waals surface area contributed by atoms with Gasteiger partial charge in [-0.3, -0.25) is 9.59 Å². The lowest BCUT2D eigenvalue weighted by Gasteiger charge is -2.40. The molecule has 1 atom stereocenters. The summed E-state index contributed by atoms with van der Waals surface area (Å²) in [6.45, 7) is 4.67. The molecule has 0 aromatic heterocycles. The van der Waals surface area contributed by atoms with Crippen molar-refractivity contribution in [3.8, 4) is 0 Å². The average molecular weight is 241 g/mol. The number of rotatable bonds is 6. The molecule has 1 unspecified atom stereocenters. The lowest BCUT2D eigenvalue weighted by Crippen LogP contribution is -2.48. The second-order valence-electron chi connectivity index (χ2n) is 4.92. The van der Waals surface area contributed by atoms with E-state index in [0.717, 1.165) is 19.3 Å². The minimum atomic E-state index is -0.475. The van der Waals surface area contributed by atoms with E-state index in [9.17, 15) is 9.59 Å². The predicted octanol–water partition coefficient (Wildman–Crippen LogP) is 0.146. The van der Waals surface area contributed by atoms with Gasteiger partial charge < -0.3 is 16.4 Å². The fourth-order valence-corrected chi connectivity index (χ4v) is 2.16. The van der Waals surface area contributed by atoms with Gasteiger partial charge in [0.2, 0.25) is 11.8 Å². The van der Waals surface area contributed by atoms with Gasteiger partial charge in [0.25, 0.3) is 0 Å². The van der Waals surface area contributed by atoms with Gasteiger partial charge in [-0.25, -0.2) is 0 Å². The van der Waals surface area contributed by atoms with E-state index in [1.807, 2.05) is 6.92 Å². The number of amides is 2. The van der Waals surface area contributed by atoms with E-state index in [-0.39, 0.29) is 17.2 Å². The maximum Gasteiger partial charge on any atom is 0.242 e. The SMILES string of the molecule is CCNC(=O)C(C)NC(=O)CC1(CN)CCC1. The lowest BCUT2D eigenvalue weighted by atomic mass is 9.66. The van der Waals surface area contributed by atoms with Crippen LogP contribution in [0.15, 0.2) is 0 Å². The van der Waals surface area contributed by atoms with Crippen LogP contribution in [-0.4, -0.2) is 30.9 Å². The molecule has 17 heavy (non-hydrogen) atoms. The molecule has 0 aromatic carbocycles. The van der Waals surface area contributed by atoms with E-state index < -0.39 is 6.04 Å². The van der Waals surface area contributed by atoms with Crippen molar-refractivity contribution in [3.05, 3.63) is 0 Å². The summed E-state index contributed by atoms with van der Waals surface area (Å²) < 4.78 is 0. The third kappa shape index (κ3) is 3.70. The second-order valence-corrected chi connectivity index (χ2v) is 4.92. The molecule has 0 aliphatic heterocycles. The molecule has 1 aliphatic rings. The van der Waals surface area contributed by atoms with Crippen molar-refractivity contribution in [2.45, 2.75) is 45.6 Å². The van der Waals surface area contributed by atoms with Crippen LogP contribution in [0.1, 0.15) is 39.5 Å². The monoisotopic (exact) mass is 241 g/mol. The molecule has 0 radical (unpaired) electrons. The van der Waals surface area contributed by atoms with Crippen LogP contribution >= 0.6 is 0 Å². The largest absolute Gasteiger partial charge is 0.355 e. The molecule has 0 spiro atoms. The number of carbonyl (C=O) groups excluding carboxylic acids is 2. The third-order valence-electron chi connectivity index (χ3n) is 3.50. The van der Waals surface area contributed by atoms with Crippen LogP contribution in [0.25, 0.3) is 0 Å². The topological polar surface area (TPSA) is 84.2 Å². The van der Waals surface area contributed by atoms with Crippen LogP contribution in [-0.2, 0) is 9.59 Å². The fourth-order valence-electron chi connectivity index (χ4n) is 2.16. The molecule has 5 heteroatoms. The first-order valence-corrected chi connectivity index (χ1v) is 6.30. The molecular formula is C12H23N3O2. The van der Waals surface area contributed by atoms with Crippen LogP contribution in [0.2, 0.25) is 0 Å². The summed E-state index contributed by atoms with van der Waals surface area (Å²) in [6, 6.07) is -0.475. The van der Waals surface area contributed by atoms with Gasteiger partial charge in [0.15, 0.2) is 0 Å². The molecule has 0 aromatic rings. The van der Waals surface area contributed by atoms with Crippen molar-refractivity contribution in [2.24, 2.45) is 11.1 Å². The molecule has 5 nitrogen and oxygen atoms in total. The van der Waals surface area contributed by atoms with E-state index in [1.165, 1.54) is 0 Å². The zero-order chi connectivity index (χ0) is 12.9. The minimum absolute atomic E-state index is 0.00889. The summed E-state index contributed by atoms with van der Waals surface area (Å²) in [4.78, 5) is 23.2. The van der Waals surface area contributed by atoms with Crippen molar-refractivity contribution in [1.29, 1.82) is 0 Å². The zero-order valence-electron chi connectivity index (χ0n) is 10.7. The van der Waals surface area contributed by atoms with E-state index >= 15 is 0 Å². The Morgan fingerprint density at radius 3 is 2.47 bits per heavy atom. The number of carbonyl (C=O) groups is 2. The van der Waals surface area contributed by atoms with Gasteiger partial charge in [-0.15, -0.1) is 0 Å². The first-order valence-electron chi connectivity index (χ1n) is 6.30. The normalized spacial score (nSPS) is 19.0. The molecule has 1 rings (SSSR count). The Morgan fingerprint density at radius 1 is 1.41 bits per heavy atom. The maximum atomic E-state index is 11.8. The molecule has 0 saturated heterocycles. The number of hydrogen-bond donors (Lipinski definition) is 3. The van der Waals surface area contributed by atoms with E-state index in [0.29, 0.717) is 19.5 Å². The Kier molecular flexibility index (Phi) is 4.93. The van der Waals surface area contributed by atoms with Gasteiger partial charge in [-0.05, 0) is 38.6 Å². The van der Waals surface area contributed by atoms with Gasteiger partial charge in [-0.1, -0.05) is 6.42 Å². The highest BCUT2D eigenvalue weighted by Gasteiger charge is 2.37. The smallest absolute Gasteiger partial charge is 0.242 e. The lowest BCUT2D eigenvalue weighted by molar-refractivity contribution is -0.130. The number of nitrogens with two attached hydrogens (primary N) is 1. The molecule has 1 aliphatic carbocycles. The van der Waals surface area contributed by atoms with Gasteiger partial charge in [0.1, 0.15) is 6.04 Å². The molecule has 2 amide bonds. The summed E-state index contributed by atoms with van der Waals surface area (Å²) in [7, 11) is 0. The summed E-state index contributed by atoms with van der Waals surface area (Å²) in [6.07, 6.45) is 3.63. The van der Waals surface area contributed by atoms with E-state index in [1.54, 1.807) is 6.92 Å². The highest BCUT2D eigenvalue weighted by atomic mass is 16.2. The molecule has 1 fully saturated rings. The first-order chi connectivity index (χ1) is 8.03. The van der Waals surface area contributed by atoms with E-state index in [4.69, 9.17) is 5.73 Å². The second kappa shape index (κ2) is 6.00.